The number of rotatable bonds is 7. The lowest BCUT2D eigenvalue weighted by atomic mass is 10.2. The van der Waals surface area contributed by atoms with E-state index >= 15 is 0 Å². The van der Waals surface area contributed by atoms with Crippen molar-refractivity contribution in [3.05, 3.63) is 62.8 Å². The SMILES string of the molecule is Fc1cccc(NC(=S)NCCCNCc2cc(Br)cc(Br)c2)c1. The molecule has 24 heavy (non-hydrogen) atoms. The molecule has 2 aromatic carbocycles. The molecule has 0 unspecified atom stereocenters. The molecule has 0 aliphatic carbocycles. The van der Waals surface area contributed by atoms with Crippen LogP contribution in [0.1, 0.15) is 12.0 Å². The van der Waals surface area contributed by atoms with Gasteiger partial charge in [0.1, 0.15) is 5.82 Å². The van der Waals surface area contributed by atoms with Crippen molar-refractivity contribution in [2.75, 3.05) is 18.4 Å². The highest BCUT2D eigenvalue weighted by Crippen LogP contribution is 2.19. The predicted molar refractivity (Wildman–Crippen MR) is 109 cm³/mol. The topological polar surface area (TPSA) is 36.1 Å². The summed E-state index contributed by atoms with van der Waals surface area (Å²) in [5.74, 6) is -0.286. The summed E-state index contributed by atoms with van der Waals surface area (Å²) in [5, 5.41) is 9.96. The molecule has 0 fully saturated rings. The van der Waals surface area contributed by atoms with Gasteiger partial charge in [-0.15, -0.1) is 0 Å². The van der Waals surface area contributed by atoms with Crippen LogP contribution in [-0.2, 0) is 6.54 Å². The molecule has 0 aliphatic heterocycles. The third-order valence-corrected chi connectivity index (χ3v) is 4.31. The van der Waals surface area contributed by atoms with E-state index in [1.807, 2.05) is 6.07 Å². The second kappa shape index (κ2) is 10.1. The third-order valence-electron chi connectivity index (χ3n) is 3.15. The number of thiocarbonyl (C=S) groups is 1. The van der Waals surface area contributed by atoms with Crippen molar-refractivity contribution < 1.29 is 4.39 Å². The highest BCUT2D eigenvalue weighted by Gasteiger charge is 2.00. The fourth-order valence-corrected chi connectivity index (χ4v) is 3.71. The molecule has 0 heterocycles. The monoisotopic (exact) mass is 473 g/mol. The van der Waals surface area contributed by atoms with Gasteiger partial charge in [-0.3, -0.25) is 0 Å². The van der Waals surface area contributed by atoms with Crippen molar-refractivity contribution in [1.82, 2.24) is 10.6 Å². The molecule has 7 heteroatoms. The van der Waals surface area contributed by atoms with E-state index in [0.29, 0.717) is 10.8 Å². The Bertz CT molecular complexity index is 677. The van der Waals surface area contributed by atoms with Crippen LogP contribution >= 0.6 is 44.1 Å². The normalized spacial score (nSPS) is 10.5. The zero-order valence-electron chi connectivity index (χ0n) is 12.9. The van der Waals surface area contributed by atoms with Gasteiger partial charge in [-0.1, -0.05) is 37.9 Å². The van der Waals surface area contributed by atoms with Gasteiger partial charge in [0, 0.05) is 27.7 Å². The number of hydrogen-bond donors (Lipinski definition) is 3. The maximum absolute atomic E-state index is 13.1. The number of benzene rings is 2. The zero-order chi connectivity index (χ0) is 17.4. The summed E-state index contributed by atoms with van der Waals surface area (Å²) in [6.45, 7) is 2.43. The minimum atomic E-state index is -0.286. The Morgan fingerprint density at radius 1 is 1.04 bits per heavy atom. The molecule has 0 amide bonds. The van der Waals surface area contributed by atoms with Crippen molar-refractivity contribution in [3.63, 3.8) is 0 Å². The second-order valence-corrected chi connectivity index (χ2v) is 7.44. The fraction of sp³-hybridized carbons (Fsp3) is 0.235. The lowest BCUT2D eigenvalue weighted by molar-refractivity contribution is 0.628. The Kier molecular flexibility index (Phi) is 8.11. The van der Waals surface area contributed by atoms with E-state index in [0.717, 1.165) is 35.0 Å². The Labute approximate surface area is 163 Å². The maximum Gasteiger partial charge on any atom is 0.170 e. The number of hydrogen-bond acceptors (Lipinski definition) is 2. The van der Waals surface area contributed by atoms with Crippen molar-refractivity contribution >= 4 is 54.9 Å². The van der Waals surface area contributed by atoms with Crippen molar-refractivity contribution in [3.8, 4) is 0 Å². The van der Waals surface area contributed by atoms with E-state index in [2.05, 4.69) is 59.9 Å². The maximum atomic E-state index is 13.1. The third kappa shape index (κ3) is 7.25. The van der Waals surface area contributed by atoms with Crippen molar-refractivity contribution in [2.24, 2.45) is 0 Å². The number of anilines is 1. The quantitative estimate of drug-likeness (QED) is 0.397. The van der Waals surface area contributed by atoms with E-state index in [1.165, 1.54) is 17.7 Å². The Morgan fingerprint density at radius 2 is 1.79 bits per heavy atom. The summed E-state index contributed by atoms with van der Waals surface area (Å²) in [7, 11) is 0. The molecule has 0 spiro atoms. The Morgan fingerprint density at radius 3 is 2.50 bits per heavy atom. The number of nitrogens with one attached hydrogen (secondary N) is 3. The highest BCUT2D eigenvalue weighted by atomic mass is 79.9. The van der Waals surface area contributed by atoms with Crippen LogP contribution in [0.2, 0.25) is 0 Å². The van der Waals surface area contributed by atoms with Crippen LogP contribution in [0.3, 0.4) is 0 Å². The minimum Gasteiger partial charge on any atom is -0.362 e. The van der Waals surface area contributed by atoms with Crippen LogP contribution in [0, 0.1) is 5.82 Å². The first-order valence-corrected chi connectivity index (χ1v) is 9.48. The molecule has 0 atom stereocenters. The fourth-order valence-electron chi connectivity index (χ4n) is 2.10. The van der Waals surface area contributed by atoms with Crippen LogP contribution in [-0.4, -0.2) is 18.2 Å². The van der Waals surface area contributed by atoms with Gasteiger partial charge >= 0.3 is 0 Å². The van der Waals surface area contributed by atoms with E-state index in [1.54, 1.807) is 12.1 Å². The summed E-state index contributed by atoms with van der Waals surface area (Å²) in [5.41, 5.74) is 1.86. The molecule has 3 N–H and O–H groups in total. The molecule has 2 aromatic rings. The van der Waals surface area contributed by atoms with E-state index in [4.69, 9.17) is 12.2 Å². The molecular formula is C17H18Br2FN3S. The molecule has 0 bridgehead atoms. The molecule has 128 valence electrons. The molecule has 3 nitrogen and oxygen atoms in total. The van der Waals surface area contributed by atoms with Gasteiger partial charge in [-0.2, -0.15) is 0 Å². The van der Waals surface area contributed by atoms with Gasteiger partial charge in [0.25, 0.3) is 0 Å². The Hall–Kier alpha value is -1.02. The van der Waals surface area contributed by atoms with Crippen LogP contribution < -0.4 is 16.0 Å². The molecule has 0 aliphatic rings. The van der Waals surface area contributed by atoms with E-state index in [-0.39, 0.29) is 5.82 Å². The molecular weight excluding hydrogens is 457 g/mol. The summed E-state index contributed by atoms with van der Waals surface area (Å²) < 4.78 is 15.2. The van der Waals surface area contributed by atoms with Crippen LogP contribution in [0.25, 0.3) is 0 Å². The first-order valence-electron chi connectivity index (χ1n) is 7.49. The second-order valence-electron chi connectivity index (χ2n) is 5.20. The molecule has 0 radical (unpaired) electrons. The zero-order valence-corrected chi connectivity index (χ0v) is 16.9. The molecule has 0 saturated carbocycles. The van der Waals surface area contributed by atoms with Crippen LogP contribution in [0.15, 0.2) is 51.4 Å². The van der Waals surface area contributed by atoms with Gasteiger partial charge in [-0.25, -0.2) is 4.39 Å². The van der Waals surface area contributed by atoms with Gasteiger partial charge in [0.15, 0.2) is 5.11 Å². The summed E-state index contributed by atoms with van der Waals surface area (Å²) >= 11 is 12.2. The van der Waals surface area contributed by atoms with Gasteiger partial charge in [-0.05, 0) is 67.1 Å². The van der Waals surface area contributed by atoms with Crippen LogP contribution in [0.4, 0.5) is 10.1 Å². The summed E-state index contributed by atoms with van der Waals surface area (Å²) in [6.07, 6.45) is 0.931. The summed E-state index contributed by atoms with van der Waals surface area (Å²) in [6, 6.07) is 12.4. The molecule has 0 aromatic heterocycles. The number of halogens is 3. The van der Waals surface area contributed by atoms with E-state index in [9.17, 15) is 4.39 Å². The predicted octanol–water partition coefficient (Wildman–Crippen LogP) is 4.82. The Balaban J connectivity index is 1.60. The summed E-state index contributed by atoms with van der Waals surface area (Å²) in [4.78, 5) is 0. The van der Waals surface area contributed by atoms with Gasteiger partial charge in [0.2, 0.25) is 0 Å². The smallest absolute Gasteiger partial charge is 0.170 e. The van der Waals surface area contributed by atoms with Gasteiger partial charge in [0.05, 0.1) is 0 Å². The first-order chi connectivity index (χ1) is 11.5. The van der Waals surface area contributed by atoms with Crippen molar-refractivity contribution in [1.29, 1.82) is 0 Å². The largest absolute Gasteiger partial charge is 0.362 e. The average Bonchev–Trinajstić information content (AvgIpc) is 2.50. The van der Waals surface area contributed by atoms with E-state index < -0.39 is 0 Å². The first kappa shape index (κ1) is 19.3. The van der Waals surface area contributed by atoms with Crippen molar-refractivity contribution in [2.45, 2.75) is 13.0 Å². The lowest BCUT2D eigenvalue weighted by Gasteiger charge is -2.11. The van der Waals surface area contributed by atoms with Gasteiger partial charge < -0.3 is 16.0 Å². The molecule has 0 saturated heterocycles. The highest BCUT2D eigenvalue weighted by molar-refractivity contribution is 9.11. The average molecular weight is 475 g/mol. The van der Waals surface area contributed by atoms with Crippen LogP contribution in [0.5, 0.6) is 0 Å². The molecule has 2 rings (SSSR count). The standard InChI is InChI=1S/C17H18Br2FN3S/c18-13-7-12(8-14(19)9-13)11-21-5-2-6-22-17(24)23-16-4-1-3-15(20)10-16/h1,3-4,7-10,21H,2,5-6,11H2,(H2,22,23,24). The lowest BCUT2D eigenvalue weighted by Crippen LogP contribution is -2.31. The minimum absolute atomic E-state index is 0.286.